The third kappa shape index (κ3) is 3.35. The maximum absolute atomic E-state index is 12.6. The van der Waals surface area contributed by atoms with Gasteiger partial charge in [-0.05, 0) is 25.0 Å². The van der Waals surface area contributed by atoms with Crippen molar-refractivity contribution in [1.29, 1.82) is 0 Å². The molecule has 0 unspecified atom stereocenters. The van der Waals surface area contributed by atoms with Crippen molar-refractivity contribution in [3.63, 3.8) is 0 Å². The zero-order valence-corrected chi connectivity index (χ0v) is 15.2. The van der Waals surface area contributed by atoms with Crippen LogP contribution in [0.15, 0.2) is 34.7 Å². The van der Waals surface area contributed by atoms with E-state index in [4.69, 9.17) is 0 Å². The van der Waals surface area contributed by atoms with Crippen LogP contribution in [0.1, 0.15) is 16.1 Å². The molecule has 0 fully saturated rings. The number of benzene rings is 1. The lowest BCUT2D eigenvalue weighted by Gasteiger charge is -2.28. The molecule has 1 aromatic heterocycles. The van der Waals surface area contributed by atoms with E-state index in [2.05, 4.69) is 9.71 Å². The highest BCUT2D eigenvalue weighted by atomic mass is 32.2. The summed E-state index contributed by atoms with van der Waals surface area (Å²) in [7, 11) is -1.94. The molecule has 1 aliphatic rings. The van der Waals surface area contributed by atoms with Gasteiger partial charge < -0.3 is 4.90 Å². The molecule has 1 N–H and O–H groups in total. The molecule has 0 bridgehead atoms. The topological polar surface area (TPSA) is 79.4 Å². The number of carbonyl (C=O) groups excluding carboxylic acids is 1. The molecule has 1 amide bonds. The molecule has 24 heavy (non-hydrogen) atoms. The predicted molar refractivity (Wildman–Crippen MR) is 92.4 cm³/mol. The van der Waals surface area contributed by atoms with Gasteiger partial charge in [0.2, 0.25) is 15.9 Å². The first-order valence-electron chi connectivity index (χ1n) is 7.62. The largest absolute Gasteiger partial charge is 0.344 e. The van der Waals surface area contributed by atoms with Crippen LogP contribution in [0, 0.1) is 6.92 Å². The number of hydrogen-bond donors (Lipinski definition) is 1. The number of hydrogen-bond acceptors (Lipinski definition) is 5. The van der Waals surface area contributed by atoms with E-state index in [-0.39, 0.29) is 10.8 Å². The molecule has 8 heteroatoms. The van der Waals surface area contributed by atoms with Crippen LogP contribution in [0.25, 0.3) is 0 Å². The molecule has 6 nitrogen and oxygen atoms in total. The van der Waals surface area contributed by atoms with Crippen LogP contribution in [0.2, 0.25) is 0 Å². The maximum atomic E-state index is 12.6. The van der Waals surface area contributed by atoms with Gasteiger partial charge in [-0.2, -0.15) is 4.72 Å². The number of rotatable bonds is 4. The summed E-state index contributed by atoms with van der Waals surface area (Å²) in [5.74, 6) is -0.213. The van der Waals surface area contributed by atoms with Gasteiger partial charge in [0.25, 0.3) is 0 Å². The second kappa shape index (κ2) is 6.62. The van der Waals surface area contributed by atoms with E-state index in [9.17, 15) is 13.2 Å². The number of sulfonamides is 1. The van der Waals surface area contributed by atoms with Gasteiger partial charge >= 0.3 is 0 Å². The van der Waals surface area contributed by atoms with E-state index in [1.807, 2.05) is 6.92 Å². The molecule has 0 saturated heterocycles. The molecule has 0 spiro atoms. The summed E-state index contributed by atoms with van der Waals surface area (Å²) in [6.07, 6.45) is 1.09. The lowest BCUT2D eigenvalue weighted by molar-refractivity contribution is -0.131. The zero-order chi connectivity index (χ0) is 17.3. The number of nitrogens with zero attached hydrogens (tertiary/aromatic N) is 2. The van der Waals surface area contributed by atoms with Gasteiger partial charge in [-0.1, -0.05) is 18.2 Å². The van der Waals surface area contributed by atoms with Gasteiger partial charge in [0.1, 0.15) is 6.04 Å². The third-order valence-corrected chi connectivity index (χ3v) is 6.74. The highest BCUT2D eigenvalue weighted by Gasteiger charge is 2.34. The number of amides is 1. The average molecular weight is 365 g/mol. The first kappa shape index (κ1) is 17.1. The monoisotopic (exact) mass is 365 g/mol. The second-order valence-electron chi connectivity index (χ2n) is 5.86. The number of fused-ring (bicyclic) bond motifs is 1. The molecule has 0 radical (unpaired) electrons. The molecule has 0 aliphatic carbocycles. The molecule has 1 aromatic carbocycles. The summed E-state index contributed by atoms with van der Waals surface area (Å²) in [5, 5.41) is 0. The molecule has 1 aliphatic heterocycles. The Labute approximate surface area is 145 Å². The van der Waals surface area contributed by atoms with Crippen LogP contribution in [0.5, 0.6) is 0 Å². The molecule has 128 valence electrons. The van der Waals surface area contributed by atoms with E-state index in [0.717, 1.165) is 17.0 Å². The SMILES string of the molecule is Cc1ncsc1CCN(C)C(=O)[C@H]1Cc2ccccc2S(=O)(=O)N1. The van der Waals surface area contributed by atoms with Crippen molar-refractivity contribution in [3.8, 4) is 0 Å². The van der Waals surface area contributed by atoms with Crippen molar-refractivity contribution < 1.29 is 13.2 Å². The van der Waals surface area contributed by atoms with Crippen LogP contribution in [-0.4, -0.2) is 43.8 Å². The minimum atomic E-state index is -3.64. The van der Waals surface area contributed by atoms with Crippen molar-refractivity contribution in [2.45, 2.75) is 30.7 Å². The second-order valence-corrected chi connectivity index (χ2v) is 8.48. The Balaban J connectivity index is 1.70. The molecular weight excluding hydrogens is 346 g/mol. The van der Waals surface area contributed by atoms with Crippen molar-refractivity contribution in [1.82, 2.24) is 14.6 Å². The quantitative estimate of drug-likeness (QED) is 0.887. The minimum absolute atomic E-state index is 0.213. The number of aromatic nitrogens is 1. The highest BCUT2D eigenvalue weighted by Crippen LogP contribution is 2.23. The molecule has 2 aromatic rings. The van der Waals surface area contributed by atoms with E-state index >= 15 is 0 Å². The van der Waals surface area contributed by atoms with Crippen molar-refractivity contribution in [3.05, 3.63) is 45.9 Å². The first-order valence-corrected chi connectivity index (χ1v) is 9.99. The zero-order valence-electron chi connectivity index (χ0n) is 13.5. The fraction of sp³-hybridized carbons (Fsp3) is 0.375. The van der Waals surface area contributed by atoms with Gasteiger partial charge in [0.05, 0.1) is 16.1 Å². The van der Waals surface area contributed by atoms with E-state index < -0.39 is 16.1 Å². The summed E-state index contributed by atoms with van der Waals surface area (Å²) < 4.78 is 27.1. The van der Waals surface area contributed by atoms with Gasteiger partial charge in [0, 0.05) is 24.9 Å². The minimum Gasteiger partial charge on any atom is -0.344 e. The van der Waals surface area contributed by atoms with Crippen LogP contribution >= 0.6 is 11.3 Å². The number of nitrogens with one attached hydrogen (secondary N) is 1. The van der Waals surface area contributed by atoms with E-state index in [1.54, 1.807) is 53.1 Å². The predicted octanol–water partition coefficient (Wildman–Crippen LogP) is 1.36. The Morgan fingerprint density at radius 1 is 1.42 bits per heavy atom. The average Bonchev–Trinajstić information content (AvgIpc) is 2.96. The summed E-state index contributed by atoms with van der Waals surface area (Å²) in [4.78, 5) is 19.8. The number of likely N-dealkylation sites (N-methyl/N-ethyl adjacent to an activating group) is 1. The molecule has 3 rings (SSSR count). The smallest absolute Gasteiger partial charge is 0.241 e. The Kier molecular flexibility index (Phi) is 4.71. The maximum Gasteiger partial charge on any atom is 0.241 e. The number of carbonyl (C=O) groups is 1. The van der Waals surface area contributed by atoms with Crippen LogP contribution in [-0.2, 0) is 27.7 Å². The number of thiazole rings is 1. The van der Waals surface area contributed by atoms with Gasteiger partial charge in [-0.25, -0.2) is 13.4 Å². The molecule has 1 atom stereocenters. The standard InChI is InChI=1S/C16H19N3O3S2/c1-11-14(23-10-17-11)7-8-19(2)16(20)13-9-12-5-3-4-6-15(12)24(21,22)18-13/h3-6,10,13,18H,7-9H2,1-2H3/t13-/m1/s1. The summed E-state index contributed by atoms with van der Waals surface area (Å²) in [5.41, 5.74) is 3.45. The van der Waals surface area contributed by atoms with Gasteiger partial charge in [-0.3, -0.25) is 4.79 Å². The van der Waals surface area contributed by atoms with Gasteiger partial charge in [0.15, 0.2) is 0 Å². The first-order chi connectivity index (χ1) is 11.4. The summed E-state index contributed by atoms with van der Waals surface area (Å²) in [6.45, 7) is 2.47. The molecular formula is C16H19N3O3S2. The Bertz CT molecular complexity index is 861. The van der Waals surface area contributed by atoms with E-state index in [0.29, 0.717) is 18.5 Å². The summed E-state index contributed by atoms with van der Waals surface area (Å²) >= 11 is 1.57. The van der Waals surface area contributed by atoms with Crippen LogP contribution in [0.4, 0.5) is 0 Å². The fourth-order valence-electron chi connectivity index (χ4n) is 2.80. The molecule has 2 heterocycles. The Hall–Kier alpha value is -1.77. The summed E-state index contributed by atoms with van der Waals surface area (Å²) in [6, 6.07) is 6.04. The Morgan fingerprint density at radius 2 is 2.17 bits per heavy atom. The van der Waals surface area contributed by atoms with Crippen LogP contribution in [0.3, 0.4) is 0 Å². The lowest BCUT2D eigenvalue weighted by Crippen LogP contribution is -2.51. The van der Waals surface area contributed by atoms with Crippen molar-refractivity contribution in [2.75, 3.05) is 13.6 Å². The van der Waals surface area contributed by atoms with Crippen LogP contribution < -0.4 is 4.72 Å². The fourth-order valence-corrected chi connectivity index (χ4v) is 5.01. The van der Waals surface area contributed by atoms with Gasteiger partial charge in [-0.15, -0.1) is 11.3 Å². The normalized spacial score (nSPS) is 18.8. The molecule has 0 saturated carbocycles. The highest BCUT2D eigenvalue weighted by molar-refractivity contribution is 7.89. The Morgan fingerprint density at radius 3 is 2.88 bits per heavy atom. The van der Waals surface area contributed by atoms with Crippen molar-refractivity contribution in [2.24, 2.45) is 0 Å². The van der Waals surface area contributed by atoms with E-state index in [1.165, 1.54) is 0 Å². The number of aryl methyl sites for hydroxylation is 1. The van der Waals surface area contributed by atoms with Crippen molar-refractivity contribution >= 4 is 27.3 Å². The third-order valence-electron chi connectivity index (χ3n) is 4.18. The lowest BCUT2D eigenvalue weighted by atomic mass is 10.1.